The van der Waals surface area contributed by atoms with E-state index in [-0.39, 0.29) is 42.2 Å². The molecule has 0 aromatic heterocycles. The van der Waals surface area contributed by atoms with Gasteiger partial charge < -0.3 is 9.64 Å². The van der Waals surface area contributed by atoms with Gasteiger partial charge in [-0.25, -0.2) is 4.39 Å². The number of fused-ring (bicyclic) bond motifs is 1. The predicted octanol–water partition coefficient (Wildman–Crippen LogP) is 0.595. The maximum atomic E-state index is 14.0. The number of methoxy groups -OCH3 is 1. The lowest BCUT2D eigenvalue weighted by molar-refractivity contribution is -0.136. The lowest BCUT2D eigenvalue weighted by Gasteiger charge is -2.29. The number of nitrogens with zero attached hydrogens (tertiary/aromatic N) is 1. The third kappa shape index (κ3) is 2.14. The Labute approximate surface area is 119 Å². The molecule has 0 bridgehead atoms. The summed E-state index contributed by atoms with van der Waals surface area (Å²) in [6.45, 7) is 0.0241. The number of halogens is 1. The van der Waals surface area contributed by atoms with Crippen molar-refractivity contribution in [3.05, 3.63) is 29.1 Å². The van der Waals surface area contributed by atoms with Gasteiger partial charge in [0.2, 0.25) is 11.8 Å². The SMILES string of the molecule is COc1cc(F)c2c(c1)C(=O)N(C1CCC(=O)NC1=O)C2. The average Bonchev–Trinajstić information content (AvgIpc) is 2.77. The fourth-order valence-corrected chi connectivity index (χ4v) is 2.71. The van der Waals surface area contributed by atoms with E-state index in [1.54, 1.807) is 0 Å². The summed E-state index contributed by atoms with van der Waals surface area (Å²) >= 11 is 0. The fourth-order valence-electron chi connectivity index (χ4n) is 2.71. The Kier molecular flexibility index (Phi) is 3.12. The molecule has 0 aliphatic carbocycles. The lowest BCUT2D eigenvalue weighted by atomic mass is 10.0. The van der Waals surface area contributed by atoms with Crippen molar-refractivity contribution in [3.63, 3.8) is 0 Å². The summed E-state index contributed by atoms with van der Waals surface area (Å²) in [6, 6.07) is 1.93. The highest BCUT2D eigenvalue weighted by molar-refractivity contribution is 6.05. The van der Waals surface area contributed by atoms with Gasteiger partial charge >= 0.3 is 0 Å². The minimum Gasteiger partial charge on any atom is -0.497 e. The lowest BCUT2D eigenvalue weighted by Crippen LogP contribution is -2.52. The number of nitrogens with one attached hydrogen (secondary N) is 1. The second kappa shape index (κ2) is 4.83. The van der Waals surface area contributed by atoms with Gasteiger partial charge in [0.15, 0.2) is 0 Å². The molecule has 7 heteroatoms. The van der Waals surface area contributed by atoms with Crippen LogP contribution >= 0.6 is 0 Å². The number of carbonyl (C=O) groups excluding carboxylic acids is 3. The van der Waals surface area contributed by atoms with E-state index in [0.717, 1.165) is 0 Å². The summed E-state index contributed by atoms with van der Waals surface area (Å²) in [6.07, 6.45) is 0.422. The molecule has 1 aromatic rings. The summed E-state index contributed by atoms with van der Waals surface area (Å²) in [4.78, 5) is 36.7. The molecule has 1 unspecified atom stereocenters. The first-order valence-corrected chi connectivity index (χ1v) is 6.52. The van der Waals surface area contributed by atoms with E-state index in [1.807, 2.05) is 0 Å². The minimum absolute atomic E-state index is 0.0241. The number of carbonyl (C=O) groups is 3. The van der Waals surface area contributed by atoms with Gasteiger partial charge in [-0.3, -0.25) is 19.7 Å². The Morgan fingerprint density at radius 3 is 2.76 bits per heavy atom. The van der Waals surface area contributed by atoms with Crippen molar-refractivity contribution >= 4 is 17.7 Å². The molecule has 1 saturated heterocycles. The zero-order chi connectivity index (χ0) is 15.1. The van der Waals surface area contributed by atoms with Gasteiger partial charge in [0.25, 0.3) is 5.91 Å². The molecule has 110 valence electrons. The highest BCUT2D eigenvalue weighted by Gasteiger charge is 2.40. The van der Waals surface area contributed by atoms with E-state index in [4.69, 9.17) is 4.74 Å². The van der Waals surface area contributed by atoms with E-state index >= 15 is 0 Å². The molecule has 1 atom stereocenters. The first-order valence-electron chi connectivity index (χ1n) is 6.52. The first-order chi connectivity index (χ1) is 10.0. The maximum Gasteiger partial charge on any atom is 0.255 e. The van der Waals surface area contributed by atoms with Crippen LogP contribution < -0.4 is 10.1 Å². The van der Waals surface area contributed by atoms with Gasteiger partial charge in [0, 0.05) is 18.1 Å². The van der Waals surface area contributed by atoms with Gasteiger partial charge in [-0.2, -0.15) is 0 Å². The standard InChI is InChI=1S/C14H13FN2O4/c1-21-7-4-8-9(10(15)5-7)6-17(14(8)20)11-2-3-12(18)16-13(11)19/h4-5,11H,2-3,6H2,1H3,(H,16,18,19). The molecule has 0 spiro atoms. The molecule has 1 N–H and O–H groups in total. The van der Waals surface area contributed by atoms with Gasteiger partial charge in [0.1, 0.15) is 17.6 Å². The number of rotatable bonds is 2. The van der Waals surface area contributed by atoms with Crippen molar-refractivity contribution in [2.45, 2.75) is 25.4 Å². The van der Waals surface area contributed by atoms with Crippen LogP contribution in [0.25, 0.3) is 0 Å². The third-order valence-electron chi connectivity index (χ3n) is 3.81. The van der Waals surface area contributed by atoms with E-state index in [0.29, 0.717) is 0 Å². The number of hydrogen-bond donors (Lipinski definition) is 1. The minimum atomic E-state index is -0.743. The fraction of sp³-hybridized carbons (Fsp3) is 0.357. The largest absolute Gasteiger partial charge is 0.497 e. The molecule has 21 heavy (non-hydrogen) atoms. The molecule has 0 saturated carbocycles. The second-order valence-corrected chi connectivity index (χ2v) is 5.04. The van der Waals surface area contributed by atoms with Gasteiger partial charge in [-0.1, -0.05) is 0 Å². The van der Waals surface area contributed by atoms with Crippen LogP contribution in [0.4, 0.5) is 4.39 Å². The Balaban J connectivity index is 1.92. The smallest absolute Gasteiger partial charge is 0.255 e. The highest BCUT2D eigenvalue weighted by Crippen LogP contribution is 2.32. The van der Waals surface area contributed by atoms with Crippen molar-refractivity contribution in [2.24, 2.45) is 0 Å². The summed E-state index contributed by atoms with van der Waals surface area (Å²) in [5.41, 5.74) is 0.460. The molecule has 2 aliphatic rings. The zero-order valence-corrected chi connectivity index (χ0v) is 11.3. The number of benzene rings is 1. The molecule has 6 nitrogen and oxygen atoms in total. The topological polar surface area (TPSA) is 75.7 Å². The van der Waals surface area contributed by atoms with Crippen LogP contribution in [0, 0.1) is 5.82 Å². The van der Waals surface area contributed by atoms with E-state index in [9.17, 15) is 18.8 Å². The van der Waals surface area contributed by atoms with Gasteiger partial charge in [-0.05, 0) is 12.5 Å². The molecule has 0 radical (unpaired) electrons. The monoisotopic (exact) mass is 292 g/mol. The van der Waals surface area contributed by atoms with Crippen LogP contribution in [0.1, 0.15) is 28.8 Å². The van der Waals surface area contributed by atoms with E-state index < -0.39 is 23.7 Å². The van der Waals surface area contributed by atoms with Crippen LogP contribution in [0.2, 0.25) is 0 Å². The molecule has 3 amide bonds. The van der Waals surface area contributed by atoms with Crippen molar-refractivity contribution in [3.8, 4) is 5.75 Å². The number of amides is 3. The Bertz CT molecular complexity index is 659. The van der Waals surface area contributed by atoms with Crippen molar-refractivity contribution in [1.82, 2.24) is 10.2 Å². The number of piperidine rings is 1. The Hall–Kier alpha value is -2.44. The molecule has 2 heterocycles. The molecule has 1 fully saturated rings. The van der Waals surface area contributed by atoms with Gasteiger partial charge in [0.05, 0.1) is 19.2 Å². The molecular formula is C14H13FN2O4. The average molecular weight is 292 g/mol. The molecular weight excluding hydrogens is 279 g/mol. The van der Waals surface area contributed by atoms with Crippen LogP contribution in [0.3, 0.4) is 0 Å². The summed E-state index contributed by atoms with van der Waals surface area (Å²) in [7, 11) is 1.39. The third-order valence-corrected chi connectivity index (χ3v) is 3.81. The van der Waals surface area contributed by atoms with E-state index in [1.165, 1.54) is 24.1 Å². The molecule has 2 aliphatic heterocycles. The number of imide groups is 1. The Morgan fingerprint density at radius 2 is 2.10 bits per heavy atom. The quantitative estimate of drug-likeness (QED) is 0.810. The van der Waals surface area contributed by atoms with Crippen molar-refractivity contribution in [2.75, 3.05) is 7.11 Å². The highest BCUT2D eigenvalue weighted by atomic mass is 19.1. The maximum absolute atomic E-state index is 14.0. The summed E-state index contributed by atoms with van der Waals surface area (Å²) in [5, 5.41) is 2.20. The first kappa shape index (κ1) is 13.5. The van der Waals surface area contributed by atoms with E-state index in [2.05, 4.69) is 5.32 Å². The van der Waals surface area contributed by atoms with Crippen molar-refractivity contribution in [1.29, 1.82) is 0 Å². The Morgan fingerprint density at radius 1 is 1.33 bits per heavy atom. The number of ether oxygens (including phenoxy) is 1. The zero-order valence-electron chi connectivity index (χ0n) is 11.3. The molecule has 3 rings (SSSR count). The van der Waals surface area contributed by atoms with Crippen LogP contribution in [0.15, 0.2) is 12.1 Å². The van der Waals surface area contributed by atoms with Crippen LogP contribution in [-0.2, 0) is 16.1 Å². The molecule has 1 aromatic carbocycles. The van der Waals surface area contributed by atoms with Crippen LogP contribution in [0.5, 0.6) is 5.75 Å². The summed E-state index contributed by atoms with van der Waals surface area (Å²) in [5.74, 6) is -1.57. The van der Waals surface area contributed by atoms with Gasteiger partial charge in [-0.15, -0.1) is 0 Å². The second-order valence-electron chi connectivity index (χ2n) is 5.04. The normalized spacial score (nSPS) is 21.3. The number of hydrogen-bond acceptors (Lipinski definition) is 4. The summed E-state index contributed by atoms with van der Waals surface area (Å²) < 4.78 is 18.9. The predicted molar refractivity (Wildman–Crippen MR) is 69.0 cm³/mol. The van der Waals surface area contributed by atoms with Crippen LogP contribution in [-0.4, -0.2) is 35.8 Å². The van der Waals surface area contributed by atoms with Crippen molar-refractivity contribution < 1.29 is 23.5 Å².